The molecule has 184 valence electrons. The molecule has 0 atom stereocenters. The Kier molecular flexibility index (Phi) is 6.56. The van der Waals surface area contributed by atoms with Gasteiger partial charge in [0.1, 0.15) is 0 Å². The number of hydrazone groups is 1. The fourth-order valence-electron chi connectivity index (χ4n) is 5.11. The van der Waals surface area contributed by atoms with Crippen LogP contribution in [0.5, 0.6) is 0 Å². The summed E-state index contributed by atoms with van der Waals surface area (Å²) in [5, 5.41) is 9.43. The van der Waals surface area contributed by atoms with E-state index in [-0.39, 0.29) is 11.9 Å². The number of anilines is 1. The van der Waals surface area contributed by atoms with Crippen LogP contribution in [0.25, 0.3) is 0 Å². The van der Waals surface area contributed by atoms with Crippen molar-refractivity contribution in [3.63, 3.8) is 0 Å². The van der Waals surface area contributed by atoms with Crippen LogP contribution in [-0.2, 0) is 17.9 Å². The third-order valence-corrected chi connectivity index (χ3v) is 7.22. The Bertz CT molecular complexity index is 1100. The summed E-state index contributed by atoms with van der Waals surface area (Å²) in [5.41, 5.74) is 4.37. The van der Waals surface area contributed by atoms with E-state index in [9.17, 15) is 9.59 Å². The smallest absolute Gasteiger partial charge is 0.316 e. The van der Waals surface area contributed by atoms with E-state index in [0.29, 0.717) is 26.1 Å². The van der Waals surface area contributed by atoms with Crippen LogP contribution in [0.2, 0.25) is 0 Å². The van der Waals surface area contributed by atoms with Crippen molar-refractivity contribution in [2.24, 2.45) is 10.5 Å². The van der Waals surface area contributed by atoms with E-state index in [2.05, 4.69) is 15.2 Å². The van der Waals surface area contributed by atoms with Crippen LogP contribution in [0.15, 0.2) is 47.8 Å². The molecule has 1 aromatic heterocycles. The summed E-state index contributed by atoms with van der Waals surface area (Å²) in [6, 6.07) is 9.60. The van der Waals surface area contributed by atoms with Crippen molar-refractivity contribution in [1.29, 1.82) is 0 Å². The van der Waals surface area contributed by atoms with Gasteiger partial charge in [0.2, 0.25) is 5.91 Å². The number of amides is 3. The Morgan fingerprint density at radius 3 is 2.49 bits per heavy atom. The van der Waals surface area contributed by atoms with E-state index in [1.165, 1.54) is 19.3 Å². The Balaban J connectivity index is 1.24. The quantitative estimate of drug-likeness (QED) is 0.708. The molecule has 4 heterocycles. The van der Waals surface area contributed by atoms with Gasteiger partial charge in [0.25, 0.3) is 0 Å². The fourth-order valence-corrected chi connectivity index (χ4v) is 5.11. The van der Waals surface area contributed by atoms with Crippen molar-refractivity contribution in [2.45, 2.75) is 52.6 Å². The molecular formula is C27H34N6O2. The second kappa shape index (κ2) is 9.77. The maximum absolute atomic E-state index is 13.0. The molecule has 0 spiro atoms. The van der Waals surface area contributed by atoms with Gasteiger partial charge in [-0.25, -0.2) is 9.80 Å². The van der Waals surface area contributed by atoms with Crippen molar-refractivity contribution in [3.8, 4) is 0 Å². The van der Waals surface area contributed by atoms with Gasteiger partial charge in [0, 0.05) is 44.1 Å². The Morgan fingerprint density at radius 1 is 1.00 bits per heavy atom. The molecule has 3 aliphatic rings. The zero-order valence-corrected chi connectivity index (χ0v) is 20.7. The highest BCUT2D eigenvalue weighted by Gasteiger charge is 2.38. The summed E-state index contributed by atoms with van der Waals surface area (Å²) in [4.78, 5) is 34.1. The van der Waals surface area contributed by atoms with Gasteiger partial charge in [-0.15, -0.1) is 0 Å². The number of urea groups is 1. The number of likely N-dealkylation sites (tertiary alicyclic amines) is 1. The molecule has 0 bridgehead atoms. The number of nitrogens with zero attached hydrogens (tertiary/aromatic N) is 5. The Morgan fingerprint density at radius 2 is 1.74 bits per heavy atom. The van der Waals surface area contributed by atoms with Crippen LogP contribution in [0.4, 0.5) is 10.5 Å². The van der Waals surface area contributed by atoms with Gasteiger partial charge in [-0.3, -0.25) is 9.78 Å². The van der Waals surface area contributed by atoms with Crippen LogP contribution in [0.3, 0.4) is 0 Å². The van der Waals surface area contributed by atoms with Crippen LogP contribution < -0.4 is 5.32 Å². The number of hydrogen-bond acceptors (Lipinski definition) is 5. The number of carbonyl (C=O) groups excluding carboxylic acids is 2. The number of fused-ring (bicyclic) bond motifs is 1. The molecular weight excluding hydrogens is 440 g/mol. The van der Waals surface area contributed by atoms with Crippen LogP contribution in [-0.4, -0.2) is 63.6 Å². The standard InChI is InChI=1S/C27H34N6O2/c1-27(2)16-24(30-33(25(27)34)15-14-31-12-4-3-5-13-31)20-6-8-23(9-7-20)29-26(35)32-18-21-10-11-28-17-22(21)19-32/h6-11,17H,3-5,12-16,18-19H2,1-2H3,(H,29,35). The lowest BCUT2D eigenvalue weighted by molar-refractivity contribution is -0.141. The van der Waals surface area contributed by atoms with Gasteiger partial charge in [-0.1, -0.05) is 32.4 Å². The van der Waals surface area contributed by atoms with E-state index >= 15 is 0 Å². The summed E-state index contributed by atoms with van der Waals surface area (Å²) in [5.74, 6) is 0.0870. The normalized spacial score (nSPS) is 19.9. The summed E-state index contributed by atoms with van der Waals surface area (Å²) in [6.45, 7) is 8.85. The van der Waals surface area contributed by atoms with Gasteiger partial charge in [0.05, 0.1) is 17.7 Å². The Hall–Kier alpha value is -3.26. The number of piperidine rings is 1. The van der Waals surface area contributed by atoms with E-state index in [1.54, 1.807) is 16.1 Å². The minimum atomic E-state index is -0.495. The molecule has 3 amide bonds. The summed E-state index contributed by atoms with van der Waals surface area (Å²) >= 11 is 0. The SMILES string of the molecule is CC1(C)CC(c2ccc(NC(=O)N3Cc4ccncc4C3)cc2)=NN(CCN2CCCCC2)C1=O. The number of carbonyl (C=O) groups is 2. The topological polar surface area (TPSA) is 81.1 Å². The molecule has 0 radical (unpaired) electrons. The zero-order chi connectivity index (χ0) is 24.4. The first-order valence-corrected chi connectivity index (χ1v) is 12.6. The van der Waals surface area contributed by atoms with E-state index in [4.69, 9.17) is 5.10 Å². The average Bonchev–Trinajstić information content (AvgIpc) is 3.31. The van der Waals surface area contributed by atoms with Crippen LogP contribution >= 0.6 is 0 Å². The number of aromatic nitrogens is 1. The molecule has 35 heavy (non-hydrogen) atoms. The lowest BCUT2D eigenvalue weighted by Crippen LogP contribution is -2.47. The van der Waals surface area contributed by atoms with Gasteiger partial charge in [-0.2, -0.15) is 5.10 Å². The van der Waals surface area contributed by atoms with Crippen molar-refractivity contribution >= 4 is 23.3 Å². The van der Waals surface area contributed by atoms with E-state index < -0.39 is 5.41 Å². The monoisotopic (exact) mass is 474 g/mol. The van der Waals surface area contributed by atoms with Crippen molar-refractivity contribution in [2.75, 3.05) is 31.5 Å². The highest BCUT2D eigenvalue weighted by molar-refractivity contribution is 6.06. The van der Waals surface area contributed by atoms with Gasteiger partial charge < -0.3 is 15.1 Å². The molecule has 1 saturated heterocycles. The van der Waals surface area contributed by atoms with Gasteiger partial charge >= 0.3 is 6.03 Å². The molecule has 2 aromatic rings. The summed E-state index contributed by atoms with van der Waals surface area (Å²) in [7, 11) is 0. The predicted molar refractivity (Wildman–Crippen MR) is 136 cm³/mol. The maximum Gasteiger partial charge on any atom is 0.322 e. The lowest BCUT2D eigenvalue weighted by atomic mass is 9.83. The number of rotatable bonds is 5. The van der Waals surface area contributed by atoms with Gasteiger partial charge in [0.15, 0.2) is 0 Å². The van der Waals surface area contributed by atoms with E-state index in [0.717, 1.165) is 47.7 Å². The molecule has 0 aliphatic carbocycles. The van der Waals surface area contributed by atoms with Gasteiger partial charge in [-0.05, 0) is 60.8 Å². The minimum absolute atomic E-state index is 0.0870. The molecule has 1 aromatic carbocycles. The Labute approximate surface area is 207 Å². The van der Waals surface area contributed by atoms with E-state index in [1.807, 2.05) is 50.4 Å². The summed E-state index contributed by atoms with van der Waals surface area (Å²) in [6.07, 6.45) is 7.95. The molecule has 3 aliphatic heterocycles. The molecule has 8 heteroatoms. The zero-order valence-electron chi connectivity index (χ0n) is 20.7. The largest absolute Gasteiger partial charge is 0.322 e. The number of hydrogen-bond donors (Lipinski definition) is 1. The van der Waals surface area contributed by atoms with Crippen molar-refractivity contribution < 1.29 is 9.59 Å². The first-order chi connectivity index (χ1) is 16.9. The highest BCUT2D eigenvalue weighted by atomic mass is 16.2. The molecule has 1 fully saturated rings. The maximum atomic E-state index is 13.0. The fraction of sp³-hybridized carbons (Fsp3) is 0.481. The third-order valence-electron chi connectivity index (χ3n) is 7.22. The van der Waals surface area contributed by atoms with Crippen molar-refractivity contribution in [1.82, 2.24) is 19.8 Å². The minimum Gasteiger partial charge on any atom is -0.316 e. The highest BCUT2D eigenvalue weighted by Crippen LogP contribution is 2.31. The number of pyridine rings is 1. The van der Waals surface area contributed by atoms with Crippen LogP contribution in [0.1, 0.15) is 56.2 Å². The molecule has 0 saturated carbocycles. The molecule has 8 nitrogen and oxygen atoms in total. The molecule has 1 N–H and O–H groups in total. The lowest BCUT2D eigenvalue weighted by Gasteiger charge is -2.36. The first-order valence-electron chi connectivity index (χ1n) is 12.6. The molecule has 5 rings (SSSR count). The molecule has 0 unspecified atom stereocenters. The second-order valence-electron chi connectivity index (χ2n) is 10.4. The third kappa shape index (κ3) is 5.22. The first kappa shape index (κ1) is 23.5. The van der Waals surface area contributed by atoms with Crippen molar-refractivity contribution in [3.05, 3.63) is 59.4 Å². The summed E-state index contributed by atoms with van der Waals surface area (Å²) < 4.78 is 0. The predicted octanol–water partition coefficient (Wildman–Crippen LogP) is 4.08. The number of nitrogens with one attached hydrogen (secondary N) is 1. The number of benzene rings is 1. The van der Waals surface area contributed by atoms with Crippen LogP contribution in [0, 0.1) is 5.41 Å². The average molecular weight is 475 g/mol. The second-order valence-corrected chi connectivity index (χ2v) is 10.4.